The maximum atomic E-state index is 15.2. The number of carboxylic acid groups (broad SMARTS) is 2. The van der Waals surface area contributed by atoms with Crippen LogP contribution < -0.4 is 115 Å². The van der Waals surface area contributed by atoms with Gasteiger partial charge in [-0.2, -0.15) is 0 Å². The van der Waals surface area contributed by atoms with Crippen molar-refractivity contribution in [3.8, 4) is 0 Å². The predicted octanol–water partition coefficient (Wildman–Crippen LogP) is -8.94. The van der Waals surface area contributed by atoms with Crippen molar-refractivity contribution in [2.24, 2.45) is 66.9 Å². The molecular formula is C71H112N24O20S2. The van der Waals surface area contributed by atoms with E-state index in [9.17, 15) is 87.5 Å². The summed E-state index contributed by atoms with van der Waals surface area (Å²) >= 11 is 0. The SMILES string of the molecule is CC[C@H](C)[C@@H]1NC(=O)[C@@H](CCCN=C(N)N)NC(=O)CNC(=O)CNC(=O)[C@@H](Cc2ccccc2)NC(=O)CCNC(=O)[C@H](NC(=O)[C@H](CO)NC(=O)[C@@H](N)CO)CSSC[C@H](C(=O)N[C@H](Cc2ccccc2)C(=O)N[C@H](CCCN=C(N)N)C(=O)O)NC(=O)[C@@H]([C@@H](C)CC)NC(=O)[C@H](CCCN=C(N)N)NC(=O)[C@@H](CC(=O)O)NC1=O. The van der Waals surface area contributed by atoms with E-state index < -0.39 is 236 Å². The Morgan fingerprint density at radius 2 is 1.00 bits per heavy atom. The van der Waals surface area contributed by atoms with Crippen molar-refractivity contribution in [3.63, 3.8) is 0 Å². The Balaban J connectivity index is 2.34. The van der Waals surface area contributed by atoms with Crippen LogP contribution in [0.5, 0.6) is 0 Å². The molecule has 14 atom stereocenters. The second-order valence-electron chi connectivity index (χ2n) is 27.2. The van der Waals surface area contributed by atoms with Crippen molar-refractivity contribution in [1.82, 2.24) is 74.4 Å². The number of guanidine groups is 3. The normalized spacial score (nSPS) is 21.3. The van der Waals surface area contributed by atoms with Crippen LogP contribution in [-0.2, 0) is 89.6 Å². The number of hydrogen-bond acceptors (Lipinski definition) is 24. The number of benzene rings is 2. The first-order chi connectivity index (χ1) is 55.5. The lowest BCUT2D eigenvalue weighted by Gasteiger charge is -2.30. The van der Waals surface area contributed by atoms with Crippen molar-refractivity contribution < 1.29 is 97.1 Å². The van der Waals surface area contributed by atoms with Gasteiger partial charge in [-0.05, 0) is 61.5 Å². The topological polar surface area (TPSA) is 742 Å². The fourth-order valence-electron chi connectivity index (χ4n) is 11.0. The Morgan fingerprint density at radius 3 is 1.53 bits per heavy atom. The smallest absolute Gasteiger partial charge is 0.326 e. The number of aliphatic hydroxyl groups is 2. The zero-order chi connectivity index (χ0) is 87.3. The van der Waals surface area contributed by atoms with E-state index >= 15 is 9.59 Å². The molecule has 0 aliphatic carbocycles. The number of nitrogens with zero attached hydrogens (tertiary/aromatic N) is 3. The van der Waals surface area contributed by atoms with Crippen LogP contribution in [0.3, 0.4) is 0 Å². The van der Waals surface area contributed by atoms with Gasteiger partial charge in [0, 0.05) is 56.9 Å². The maximum Gasteiger partial charge on any atom is 0.326 e. The highest BCUT2D eigenvalue weighted by Crippen LogP contribution is 2.24. The van der Waals surface area contributed by atoms with E-state index in [2.05, 4.69) is 89.4 Å². The van der Waals surface area contributed by atoms with Crippen molar-refractivity contribution in [1.29, 1.82) is 0 Å². The van der Waals surface area contributed by atoms with Gasteiger partial charge in [0.2, 0.25) is 82.7 Å². The van der Waals surface area contributed by atoms with E-state index in [1.165, 1.54) is 13.8 Å². The molecule has 3 rings (SSSR count). The largest absolute Gasteiger partial charge is 0.481 e. The molecule has 0 unspecified atom stereocenters. The number of aliphatic carboxylic acids is 2. The van der Waals surface area contributed by atoms with Gasteiger partial charge in [0.25, 0.3) is 0 Å². The molecule has 0 spiro atoms. The van der Waals surface area contributed by atoms with Gasteiger partial charge in [0.05, 0.1) is 32.7 Å². The van der Waals surface area contributed by atoms with E-state index in [0.717, 1.165) is 21.6 Å². The molecule has 1 fully saturated rings. The Hall–Kier alpha value is -11.6. The molecule has 1 aliphatic rings. The molecular weight excluding hydrogens is 1570 g/mol. The van der Waals surface area contributed by atoms with Crippen molar-refractivity contribution in [3.05, 3.63) is 71.8 Å². The van der Waals surface area contributed by atoms with Crippen molar-refractivity contribution in [2.75, 3.05) is 64.0 Å². The summed E-state index contributed by atoms with van der Waals surface area (Å²) in [5.74, 6) is -21.3. The minimum absolute atomic E-state index is 0.0229. The van der Waals surface area contributed by atoms with Gasteiger partial charge >= 0.3 is 11.9 Å². The number of carboxylic acids is 2. The van der Waals surface area contributed by atoms with E-state index in [0.29, 0.717) is 11.1 Å². The number of carbonyl (C=O) groups excluding carboxylic acids is 14. The Labute approximate surface area is 682 Å². The molecule has 0 saturated carbocycles. The number of nitrogens with two attached hydrogens (primary N) is 7. The van der Waals surface area contributed by atoms with Crippen LogP contribution in [0, 0.1) is 11.8 Å². The third kappa shape index (κ3) is 38.6. The fraction of sp³-hybridized carbons (Fsp3) is 0.563. The molecule has 2 aromatic carbocycles. The van der Waals surface area contributed by atoms with Crippen LogP contribution in [0.2, 0.25) is 0 Å². The highest BCUT2D eigenvalue weighted by atomic mass is 33.1. The first-order valence-corrected chi connectivity index (χ1v) is 40.0. The van der Waals surface area contributed by atoms with Gasteiger partial charge < -0.3 is 135 Å². The van der Waals surface area contributed by atoms with Crippen LogP contribution in [0.25, 0.3) is 0 Å². The number of rotatable bonds is 33. The monoisotopic (exact) mass is 1680 g/mol. The molecule has 117 heavy (non-hydrogen) atoms. The average molecular weight is 1690 g/mol. The number of carbonyl (C=O) groups is 16. The lowest BCUT2D eigenvalue weighted by molar-refractivity contribution is -0.142. The quantitative estimate of drug-likeness (QED) is 0.0137. The zero-order valence-electron chi connectivity index (χ0n) is 65.4. The van der Waals surface area contributed by atoms with Gasteiger partial charge in [-0.15, -0.1) is 0 Å². The van der Waals surface area contributed by atoms with Crippen LogP contribution >= 0.6 is 21.6 Å². The molecule has 1 aliphatic heterocycles. The maximum absolute atomic E-state index is 15.2. The van der Waals surface area contributed by atoms with Crippen LogP contribution in [0.4, 0.5) is 0 Å². The summed E-state index contributed by atoms with van der Waals surface area (Å²) in [6.07, 6.45) is -2.58. The number of amides is 14. The number of hydrogen-bond donors (Lipinski definition) is 25. The number of nitrogens with one attached hydrogen (secondary N) is 14. The molecule has 14 amide bonds. The fourth-order valence-corrected chi connectivity index (χ4v) is 13.3. The Bertz CT molecular complexity index is 3770. The van der Waals surface area contributed by atoms with Crippen molar-refractivity contribution >= 4 is 134 Å². The highest BCUT2D eigenvalue weighted by molar-refractivity contribution is 8.76. The minimum atomic E-state index is -2.02. The number of aliphatic imine (C=N–C) groups is 3. The van der Waals surface area contributed by atoms with E-state index in [1.54, 1.807) is 74.5 Å². The van der Waals surface area contributed by atoms with Crippen LogP contribution in [0.15, 0.2) is 75.6 Å². The molecule has 44 nitrogen and oxygen atoms in total. The Kier molecular flexibility index (Phi) is 45.5. The molecule has 1 heterocycles. The van der Waals surface area contributed by atoms with Gasteiger partial charge in [0.1, 0.15) is 72.5 Å². The van der Waals surface area contributed by atoms with Crippen molar-refractivity contribution in [2.45, 2.75) is 177 Å². The van der Waals surface area contributed by atoms with Crippen LogP contribution in [0.1, 0.15) is 103 Å². The summed E-state index contributed by atoms with van der Waals surface area (Å²) in [7, 11) is 1.54. The third-order valence-corrected chi connectivity index (χ3v) is 20.3. The first-order valence-electron chi connectivity index (χ1n) is 37.6. The molecule has 0 bridgehead atoms. The second-order valence-corrected chi connectivity index (χ2v) is 29.7. The van der Waals surface area contributed by atoms with Crippen LogP contribution in [-0.4, -0.2) is 269 Å². The lowest BCUT2D eigenvalue weighted by Crippen LogP contribution is -2.62. The molecule has 0 radical (unpaired) electrons. The zero-order valence-corrected chi connectivity index (χ0v) is 67.1. The molecule has 648 valence electrons. The number of aliphatic hydroxyl groups excluding tert-OH is 2. The summed E-state index contributed by atoms with van der Waals surface area (Å²) in [5, 5.41) is 74.7. The standard InChI is InChI=1S/C71H112N24O20S2/c1-5-37(3)55-66(112)90-47(30-54(101)102)63(109)87-43(21-14-25-81-70(75)76)61(107)95-56(38(4)6-2)67(113)93-50(65(111)89-46(29-40-18-11-8-12-19-40)62(108)88-44(68(114)115)22-15-26-82-71(77)78)36-117-116-35-49(92-64(110)48(34-97)91-57(103)41(72)33-96)59(105)79-27-23-51(98)86-45(28-39-16-9-7-10-17-39)58(104)84-31-52(99)83-32-53(100)85-42(60(106)94-55)20-13-24-80-69(73)74/h7-12,16-19,37-38,41-50,55-56,96-97H,5-6,13-15,20-36,72H2,1-4H3,(H,79,105)(H,83,99)(H,84,104)(H,85,100)(H,86,98)(H,87,109)(H,88,108)(H,89,111)(H,90,112)(H,91,103)(H,92,110)(H,93,113)(H,94,106)(H,95,107)(H,101,102)(H,114,115)(H4,73,74,80)(H4,75,76,81)(H4,77,78,82)/t37-,38-,41-,42+,43-,44+,45+,46+,47+,48-,49+,50+,55-,56+/m0/s1. The summed E-state index contributed by atoms with van der Waals surface area (Å²) in [5.41, 5.74) is 39.8. The van der Waals surface area contributed by atoms with Gasteiger partial charge in [0.15, 0.2) is 17.9 Å². The van der Waals surface area contributed by atoms with E-state index in [1.807, 2.05) is 0 Å². The van der Waals surface area contributed by atoms with Gasteiger partial charge in [-0.3, -0.25) is 86.9 Å². The van der Waals surface area contributed by atoms with E-state index in [-0.39, 0.29) is 102 Å². The Morgan fingerprint density at radius 1 is 0.504 bits per heavy atom. The summed E-state index contributed by atoms with van der Waals surface area (Å²) in [4.78, 5) is 236. The molecule has 46 heteroatoms. The summed E-state index contributed by atoms with van der Waals surface area (Å²) in [6, 6.07) is -3.50. The van der Waals surface area contributed by atoms with Gasteiger partial charge in [-0.1, -0.05) is 123 Å². The average Bonchev–Trinajstić information content (AvgIpc) is 0.846. The lowest BCUT2D eigenvalue weighted by atomic mass is 9.96. The summed E-state index contributed by atoms with van der Waals surface area (Å²) < 4.78 is 0. The second kappa shape index (κ2) is 53.5. The van der Waals surface area contributed by atoms with Gasteiger partial charge in [-0.25, -0.2) is 4.79 Å². The third-order valence-electron chi connectivity index (χ3n) is 17.9. The molecule has 32 N–H and O–H groups in total. The first kappa shape index (κ1) is 99.5. The molecule has 0 aromatic heterocycles. The summed E-state index contributed by atoms with van der Waals surface area (Å²) in [6.45, 7) is 2.06. The molecule has 1 saturated heterocycles. The minimum Gasteiger partial charge on any atom is -0.481 e. The molecule has 2 aromatic rings. The predicted molar refractivity (Wildman–Crippen MR) is 431 cm³/mol. The highest BCUT2D eigenvalue weighted by Gasteiger charge is 2.39. The van der Waals surface area contributed by atoms with E-state index in [4.69, 9.17) is 40.1 Å².